The maximum absolute atomic E-state index is 5.89. The molecule has 2 rings (SSSR count). The van der Waals surface area contributed by atoms with Crippen molar-refractivity contribution in [1.29, 1.82) is 0 Å². The zero-order valence-electron chi connectivity index (χ0n) is 12.9. The van der Waals surface area contributed by atoms with E-state index in [1.165, 1.54) is 11.5 Å². The van der Waals surface area contributed by atoms with E-state index in [0.29, 0.717) is 4.99 Å². The summed E-state index contributed by atoms with van der Waals surface area (Å²) in [7, 11) is 0. The van der Waals surface area contributed by atoms with E-state index >= 15 is 0 Å². The second kappa shape index (κ2) is 8.00. The Hall–Kier alpha value is -0.790. The number of nitrogens with two attached hydrogens (primary N) is 1. The molecule has 1 saturated heterocycles. The lowest BCUT2D eigenvalue weighted by Crippen LogP contribution is -2.53. The molecule has 1 aliphatic heterocycles. The summed E-state index contributed by atoms with van der Waals surface area (Å²) in [5, 5.41) is 1.06. The van der Waals surface area contributed by atoms with Crippen LogP contribution in [0.3, 0.4) is 0 Å². The van der Waals surface area contributed by atoms with Crippen molar-refractivity contribution in [3.05, 3.63) is 5.82 Å². The number of anilines is 1. The average Bonchev–Trinajstić information content (AvgIpc) is 2.94. The largest absolute Gasteiger partial charge is 0.392 e. The van der Waals surface area contributed by atoms with Gasteiger partial charge in [0.1, 0.15) is 5.82 Å². The van der Waals surface area contributed by atoms with Gasteiger partial charge in [0.05, 0.1) is 11.0 Å². The molecule has 1 atom stereocenters. The van der Waals surface area contributed by atoms with E-state index in [1.807, 2.05) is 0 Å². The van der Waals surface area contributed by atoms with Gasteiger partial charge in [0.25, 0.3) is 0 Å². The smallest absolute Gasteiger partial charge is 0.205 e. The Morgan fingerprint density at radius 3 is 2.57 bits per heavy atom. The van der Waals surface area contributed by atoms with Gasteiger partial charge in [-0.15, -0.1) is 0 Å². The Labute approximate surface area is 136 Å². The van der Waals surface area contributed by atoms with Crippen LogP contribution in [0.2, 0.25) is 0 Å². The number of nitrogens with zero attached hydrogens (tertiary/aromatic N) is 4. The summed E-state index contributed by atoms with van der Waals surface area (Å²) in [6, 6.07) is 0.247. The summed E-state index contributed by atoms with van der Waals surface area (Å²) in [5.41, 5.74) is 5.89. The molecule has 1 aromatic heterocycles. The van der Waals surface area contributed by atoms with Crippen LogP contribution in [-0.2, 0) is 6.42 Å². The molecule has 1 unspecified atom stereocenters. The molecule has 1 aliphatic rings. The van der Waals surface area contributed by atoms with Gasteiger partial charge < -0.3 is 10.6 Å². The number of hydrogen-bond donors (Lipinski definition) is 1. The van der Waals surface area contributed by atoms with E-state index < -0.39 is 0 Å². The van der Waals surface area contributed by atoms with E-state index in [4.69, 9.17) is 18.0 Å². The van der Waals surface area contributed by atoms with Crippen LogP contribution in [0.5, 0.6) is 0 Å². The minimum atomic E-state index is 0.247. The number of aromatic nitrogens is 2. The Kier molecular flexibility index (Phi) is 6.32. The van der Waals surface area contributed by atoms with Crippen LogP contribution >= 0.6 is 23.8 Å². The Balaban J connectivity index is 1.91. The van der Waals surface area contributed by atoms with E-state index in [0.717, 1.165) is 62.8 Å². The van der Waals surface area contributed by atoms with Gasteiger partial charge in [-0.25, -0.2) is 4.98 Å². The van der Waals surface area contributed by atoms with Crippen LogP contribution in [0.15, 0.2) is 0 Å². The van der Waals surface area contributed by atoms with Gasteiger partial charge in [0, 0.05) is 44.1 Å². The molecule has 2 heterocycles. The van der Waals surface area contributed by atoms with Crippen molar-refractivity contribution < 1.29 is 0 Å². The maximum Gasteiger partial charge on any atom is 0.205 e. The van der Waals surface area contributed by atoms with Crippen LogP contribution < -0.4 is 10.6 Å². The van der Waals surface area contributed by atoms with Crippen LogP contribution in [0.1, 0.15) is 38.9 Å². The van der Waals surface area contributed by atoms with Crippen molar-refractivity contribution in [2.24, 2.45) is 5.73 Å². The quantitative estimate of drug-likeness (QED) is 0.774. The number of aryl methyl sites for hydroxylation is 1. The van der Waals surface area contributed by atoms with Crippen LogP contribution in [0.4, 0.5) is 5.13 Å². The third-order valence-corrected chi connectivity index (χ3v) is 4.93. The first-order valence-corrected chi connectivity index (χ1v) is 8.94. The standard InChI is InChI=1S/C14H25N5S2/c1-3-5-11(13(15)20)18-7-9-19(10-8-18)14-16-12(6-4-2)17-21-14/h11H,3-10H2,1-2H3,(H2,15,20). The third kappa shape index (κ3) is 4.34. The average molecular weight is 328 g/mol. The highest BCUT2D eigenvalue weighted by molar-refractivity contribution is 7.80. The molecule has 0 bridgehead atoms. The van der Waals surface area contributed by atoms with Crippen LogP contribution in [0.25, 0.3) is 0 Å². The molecule has 7 heteroatoms. The first kappa shape index (κ1) is 16.6. The molecule has 0 aromatic carbocycles. The lowest BCUT2D eigenvalue weighted by molar-refractivity contribution is 0.219. The highest BCUT2D eigenvalue weighted by Crippen LogP contribution is 2.21. The van der Waals surface area contributed by atoms with Crippen LogP contribution in [-0.4, -0.2) is 51.5 Å². The molecule has 1 fully saturated rings. The van der Waals surface area contributed by atoms with Gasteiger partial charge in [0.2, 0.25) is 5.13 Å². The van der Waals surface area contributed by atoms with Gasteiger partial charge in [-0.05, 0) is 12.8 Å². The van der Waals surface area contributed by atoms with Crippen molar-refractivity contribution in [1.82, 2.24) is 14.3 Å². The Bertz CT molecular complexity index is 454. The monoisotopic (exact) mass is 327 g/mol. The van der Waals surface area contributed by atoms with Gasteiger partial charge in [-0.2, -0.15) is 4.37 Å². The highest BCUT2D eigenvalue weighted by atomic mass is 32.1. The number of rotatable bonds is 7. The van der Waals surface area contributed by atoms with Crippen molar-refractivity contribution in [2.45, 2.75) is 45.6 Å². The summed E-state index contributed by atoms with van der Waals surface area (Å²) in [6.45, 7) is 8.27. The second-order valence-corrected chi connectivity index (χ2v) is 6.67. The molecular formula is C14H25N5S2. The fraction of sp³-hybridized carbons (Fsp3) is 0.786. The molecular weight excluding hydrogens is 302 g/mol. The zero-order chi connectivity index (χ0) is 15.2. The normalized spacial score (nSPS) is 17.9. The molecule has 0 saturated carbocycles. The number of piperazine rings is 1. The lowest BCUT2D eigenvalue weighted by atomic mass is 10.1. The summed E-state index contributed by atoms with van der Waals surface area (Å²) in [5.74, 6) is 0.979. The van der Waals surface area contributed by atoms with Gasteiger partial charge in [-0.1, -0.05) is 32.5 Å². The highest BCUT2D eigenvalue weighted by Gasteiger charge is 2.26. The fourth-order valence-electron chi connectivity index (χ4n) is 2.70. The van der Waals surface area contributed by atoms with E-state index in [2.05, 4.69) is 33.0 Å². The Morgan fingerprint density at radius 2 is 2.00 bits per heavy atom. The minimum Gasteiger partial charge on any atom is -0.392 e. The molecule has 118 valence electrons. The molecule has 21 heavy (non-hydrogen) atoms. The van der Waals surface area contributed by atoms with Crippen molar-refractivity contribution in [3.63, 3.8) is 0 Å². The van der Waals surface area contributed by atoms with Gasteiger partial charge in [0.15, 0.2) is 0 Å². The summed E-state index contributed by atoms with van der Waals surface area (Å²) < 4.78 is 4.43. The predicted octanol–water partition coefficient (Wildman–Crippen LogP) is 2.07. The van der Waals surface area contributed by atoms with E-state index in [9.17, 15) is 0 Å². The lowest BCUT2D eigenvalue weighted by Gasteiger charge is -2.38. The summed E-state index contributed by atoms with van der Waals surface area (Å²) in [6.07, 6.45) is 4.22. The van der Waals surface area contributed by atoms with Gasteiger partial charge >= 0.3 is 0 Å². The molecule has 0 radical (unpaired) electrons. The molecule has 0 amide bonds. The molecule has 5 nitrogen and oxygen atoms in total. The van der Waals surface area contributed by atoms with Crippen molar-refractivity contribution >= 4 is 33.9 Å². The Morgan fingerprint density at radius 1 is 1.29 bits per heavy atom. The fourth-order valence-corrected chi connectivity index (χ4v) is 3.73. The molecule has 0 aliphatic carbocycles. The van der Waals surface area contributed by atoms with Crippen molar-refractivity contribution in [3.8, 4) is 0 Å². The molecule has 2 N–H and O–H groups in total. The van der Waals surface area contributed by atoms with Gasteiger partial charge in [-0.3, -0.25) is 4.90 Å². The summed E-state index contributed by atoms with van der Waals surface area (Å²) in [4.78, 5) is 10.0. The third-order valence-electron chi connectivity index (χ3n) is 3.85. The SMILES string of the molecule is CCCc1nsc(N2CCN(C(CCC)C(N)=S)CC2)n1. The molecule has 0 spiro atoms. The number of hydrogen-bond acceptors (Lipinski definition) is 6. The molecule has 1 aromatic rings. The zero-order valence-corrected chi connectivity index (χ0v) is 14.5. The maximum atomic E-state index is 5.89. The van der Waals surface area contributed by atoms with Crippen LogP contribution in [0, 0.1) is 0 Å². The van der Waals surface area contributed by atoms with E-state index in [1.54, 1.807) is 0 Å². The first-order chi connectivity index (χ1) is 10.2. The topological polar surface area (TPSA) is 58.3 Å². The second-order valence-electron chi connectivity index (χ2n) is 5.47. The van der Waals surface area contributed by atoms with E-state index in [-0.39, 0.29) is 6.04 Å². The first-order valence-electron chi connectivity index (χ1n) is 7.76. The number of thiocarbonyl (C=S) groups is 1. The predicted molar refractivity (Wildman–Crippen MR) is 93.2 cm³/mol. The van der Waals surface area contributed by atoms with Crippen molar-refractivity contribution in [2.75, 3.05) is 31.1 Å². The minimum absolute atomic E-state index is 0.247. The summed E-state index contributed by atoms with van der Waals surface area (Å²) >= 11 is 6.74.